The Morgan fingerprint density at radius 2 is 1.74 bits per heavy atom. The number of thiocarbonyl (C=S) groups is 1. The number of fused-ring (bicyclic) bond motifs is 1. The molecule has 31 heavy (non-hydrogen) atoms. The first kappa shape index (κ1) is 20.7. The summed E-state index contributed by atoms with van der Waals surface area (Å²) in [6, 6.07) is 18.7. The predicted octanol–water partition coefficient (Wildman–Crippen LogP) is 4.29. The maximum Gasteiger partial charge on any atom is 0.255 e. The molecule has 1 aliphatic heterocycles. The number of allylic oxidation sites excluding steroid dienone is 1. The summed E-state index contributed by atoms with van der Waals surface area (Å²) in [5.41, 5.74) is 2.76. The van der Waals surface area contributed by atoms with Gasteiger partial charge in [0.25, 0.3) is 5.91 Å². The van der Waals surface area contributed by atoms with Gasteiger partial charge in [0.05, 0.1) is 25.8 Å². The molecule has 0 aliphatic carbocycles. The van der Waals surface area contributed by atoms with Crippen molar-refractivity contribution in [2.45, 2.75) is 13.0 Å². The van der Waals surface area contributed by atoms with Crippen LogP contribution < -0.4 is 25.4 Å². The topological polar surface area (TPSA) is 71.6 Å². The highest BCUT2D eigenvalue weighted by Crippen LogP contribution is 2.38. The van der Waals surface area contributed by atoms with Crippen LogP contribution in [0.5, 0.6) is 11.5 Å². The maximum atomic E-state index is 13.4. The highest BCUT2D eigenvalue weighted by Gasteiger charge is 2.33. The van der Waals surface area contributed by atoms with Crippen LogP contribution in [0.1, 0.15) is 18.5 Å². The van der Waals surface area contributed by atoms with Crippen molar-refractivity contribution in [1.29, 1.82) is 0 Å². The van der Waals surface area contributed by atoms with Crippen molar-refractivity contribution in [3.63, 3.8) is 0 Å². The van der Waals surface area contributed by atoms with Crippen LogP contribution >= 0.6 is 12.2 Å². The van der Waals surface area contributed by atoms with Crippen molar-refractivity contribution in [3.8, 4) is 11.5 Å². The average Bonchev–Trinajstić information content (AvgIpc) is 2.78. The number of hydrogen-bond acceptors (Lipinski definition) is 4. The Balaban J connectivity index is 1.79. The minimum atomic E-state index is -0.479. The molecule has 0 saturated carbocycles. The number of benzene rings is 3. The van der Waals surface area contributed by atoms with Crippen molar-refractivity contribution in [1.82, 2.24) is 10.6 Å². The Labute approximate surface area is 186 Å². The van der Waals surface area contributed by atoms with Gasteiger partial charge in [0.2, 0.25) is 0 Å². The first-order valence-electron chi connectivity index (χ1n) is 9.81. The smallest absolute Gasteiger partial charge is 0.255 e. The third-order valence-corrected chi connectivity index (χ3v) is 5.52. The second-order valence-corrected chi connectivity index (χ2v) is 7.56. The second kappa shape index (κ2) is 8.65. The standard InChI is InChI=1S/C24H23N3O3S/c1-14-20(23(28)26-16-9-11-17(29-2)12-10-16)22(27-24(31)25-14)21-18-7-5-4-6-15(18)8-13-19(21)30-3/h4-13,22H,1-3H3,(H,26,28)(H2,25,27,31)/t22-/m1/s1. The summed E-state index contributed by atoms with van der Waals surface area (Å²) >= 11 is 5.42. The van der Waals surface area contributed by atoms with E-state index in [2.05, 4.69) is 16.0 Å². The summed E-state index contributed by atoms with van der Waals surface area (Å²) in [7, 11) is 3.23. The summed E-state index contributed by atoms with van der Waals surface area (Å²) in [4.78, 5) is 13.4. The Bertz CT molecular complexity index is 1190. The molecule has 3 N–H and O–H groups in total. The van der Waals surface area contributed by atoms with E-state index in [0.717, 1.165) is 22.1 Å². The first-order valence-corrected chi connectivity index (χ1v) is 10.2. The fourth-order valence-electron chi connectivity index (χ4n) is 3.84. The molecular weight excluding hydrogens is 410 g/mol. The van der Waals surface area contributed by atoms with E-state index in [1.54, 1.807) is 38.5 Å². The van der Waals surface area contributed by atoms with Crippen LogP contribution in [-0.2, 0) is 4.79 Å². The summed E-state index contributed by atoms with van der Waals surface area (Å²) in [5, 5.41) is 11.8. The lowest BCUT2D eigenvalue weighted by Crippen LogP contribution is -2.46. The van der Waals surface area contributed by atoms with E-state index in [0.29, 0.717) is 27.8 Å². The Morgan fingerprint density at radius 3 is 2.45 bits per heavy atom. The molecule has 4 rings (SSSR count). The van der Waals surface area contributed by atoms with E-state index in [1.165, 1.54) is 0 Å². The van der Waals surface area contributed by atoms with Gasteiger partial charge in [0, 0.05) is 16.9 Å². The van der Waals surface area contributed by atoms with E-state index in [1.807, 2.05) is 43.3 Å². The highest BCUT2D eigenvalue weighted by atomic mass is 32.1. The van der Waals surface area contributed by atoms with Crippen LogP contribution in [0, 0.1) is 0 Å². The third-order valence-electron chi connectivity index (χ3n) is 5.30. The molecule has 0 bridgehead atoms. The van der Waals surface area contributed by atoms with Gasteiger partial charge < -0.3 is 25.4 Å². The van der Waals surface area contributed by atoms with E-state index in [-0.39, 0.29) is 5.91 Å². The summed E-state index contributed by atoms with van der Waals surface area (Å²) in [5.74, 6) is 1.17. The molecule has 3 aromatic carbocycles. The quantitative estimate of drug-likeness (QED) is 0.522. The SMILES string of the molecule is COc1ccc(NC(=O)C2=C(C)NC(=S)N[C@H]2c2c(OC)ccc3ccccc23)cc1. The van der Waals surface area contributed by atoms with Crippen LogP contribution in [0.25, 0.3) is 10.8 Å². The predicted molar refractivity (Wildman–Crippen MR) is 126 cm³/mol. The highest BCUT2D eigenvalue weighted by molar-refractivity contribution is 7.80. The van der Waals surface area contributed by atoms with Crippen molar-refractivity contribution < 1.29 is 14.3 Å². The molecule has 1 atom stereocenters. The molecule has 3 aromatic rings. The van der Waals surface area contributed by atoms with Gasteiger partial charge in [0.15, 0.2) is 5.11 Å². The molecule has 7 heteroatoms. The summed E-state index contributed by atoms with van der Waals surface area (Å²) < 4.78 is 10.9. The average molecular weight is 434 g/mol. The van der Waals surface area contributed by atoms with Crippen LogP contribution in [-0.4, -0.2) is 25.2 Å². The fourth-order valence-corrected chi connectivity index (χ4v) is 4.11. The molecule has 0 spiro atoms. The zero-order valence-electron chi connectivity index (χ0n) is 17.5. The zero-order valence-corrected chi connectivity index (χ0v) is 18.3. The van der Waals surface area contributed by atoms with Gasteiger partial charge in [-0.2, -0.15) is 0 Å². The van der Waals surface area contributed by atoms with Crippen LogP contribution in [0.2, 0.25) is 0 Å². The number of carbonyl (C=O) groups excluding carboxylic acids is 1. The maximum absolute atomic E-state index is 13.4. The lowest BCUT2D eigenvalue weighted by Gasteiger charge is -2.32. The molecule has 0 fully saturated rings. The minimum absolute atomic E-state index is 0.231. The normalized spacial score (nSPS) is 15.8. The molecule has 1 amide bonds. The first-order chi connectivity index (χ1) is 15.0. The van der Waals surface area contributed by atoms with Gasteiger partial charge in [-0.3, -0.25) is 4.79 Å². The second-order valence-electron chi connectivity index (χ2n) is 7.16. The number of anilines is 1. The van der Waals surface area contributed by atoms with E-state index in [9.17, 15) is 4.79 Å². The number of methoxy groups -OCH3 is 2. The lowest BCUT2D eigenvalue weighted by atomic mass is 9.90. The molecule has 6 nitrogen and oxygen atoms in total. The van der Waals surface area contributed by atoms with Gasteiger partial charge in [0.1, 0.15) is 11.5 Å². The number of carbonyl (C=O) groups is 1. The third kappa shape index (κ3) is 4.04. The largest absolute Gasteiger partial charge is 0.497 e. The Hall–Kier alpha value is -3.58. The van der Waals surface area contributed by atoms with Crippen LogP contribution in [0.4, 0.5) is 5.69 Å². The van der Waals surface area contributed by atoms with Crippen molar-refractivity contribution in [2.24, 2.45) is 0 Å². The number of amides is 1. The van der Waals surface area contributed by atoms with Gasteiger partial charge in [-0.05, 0) is 60.2 Å². The van der Waals surface area contributed by atoms with Crippen molar-refractivity contribution >= 4 is 39.7 Å². The van der Waals surface area contributed by atoms with E-state index in [4.69, 9.17) is 21.7 Å². The monoisotopic (exact) mass is 433 g/mol. The summed E-state index contributed by atoms with van der Waals surface area (Å²) in [6.07, 6.45) is 0. The Morgan fingerprint density at radius 1 is 1.00 bits per heavy atom. The van der Waals surface area contributed by atoms with Crippen molar-refractivity contribution in [2.75, 3.05) is 19.5 Å². The molecule has 0 saturated heterocycles. The van der Waals surface area contributed by atoms with Crippen LogP contribution in [0.15, 0.2) is 71.9 Å². The van der Waals surface area contributed by atoms with E-state index < -0.39 is 6.04 Å². The molecule has 0 unspecified atom stereocenters. The summed E-state index contributed by atoms with van der Waals surface area (Å²) in [6.45, 7) is 1.85. The fraction of sp³-hybridized carbons (Fsp3) is 0.167. The number of hydrogen-bond donors (Lipinski definition) is 3. The Kier molecular flexibility index (Phi) is 5.77. The number of nitrogens with one attached hydrogen (secondary N) is 3. The van der Waals surface area contributed by atoms with Crippen LogP contribution in [0.3, 0.4) is 0 Å². The number of rotatable bonds is 5. The molecule has 1 aliphatic rings. The minimum Gasteiger partial charge on any atom is -0.497 e. The van der Waals surface area contributed by atoms with Gasteiger partial charge in [-0.1, -0.05) is 30.3 Å². The molecule has 0 radical (unpaired) electrons. The molecule has 0 aromatic heterocycles. The zero-order chi connectivity index (χ0) is 22.0. The van der Waals surface area contributed by atoms with Gasteiger partial charge in [-0.25, -0.2) is 0 Å². The van der Waals surface area contributed by atoms with Gasteiger partial charge in [-0.15, -0.1) is 0 Å². The lowest BCUT2D eigenvalue weighted by molar-refractivity contribution is -0.113. The molecular formula is C24H23N3O3S. The van der Waals surface area contributed by atoms with Crippen molar-refractivity contribution in [3.05, 3.63) is 77.5 Å². The van der Waals surface area contributed by atoms with E-state index >= 15 is 0 Å². The molecule has 158 valence electrons. The number of ether oxygens (including phenoxy) is 2. The molecule has 1 heterocycles. The van der Waals surface area contributed by atoms with Gasteiger partial charge >= 0.3 is 0 Å².